The summed E-state index contributed by atoms with van der Waals surface area (Å²) in [6.45, 7) is 1.53. The van der Waals surface area contributed by atoms with E-state index in [1.165, 1.54) is 13.2 Å². The first-order valence-corrected chi connectivity index (χ1v) is 5.08. The molecule has 5 heteroatoms. The Morgan fingerprint density at radius 2 is 2.27 bits per heavy atom. The van der Waals surface area contributed by atoms with Gasteiger partial charge < -0.3 is 10.5 Å². The molecule has 3 nitrogen and oxygen atoms in total. The van der Waals surface area contributed by atoms with Crippen LogP contribution in [0.1, 0.15) is 15.9 Å². The van der Waals surface area contributed by atoms with Crippen molar-refractivity contribution >= 4 is 21.7 Å². The minimum absolute atomic E-state index is 0.0324. The van der Waals surface area contributed by atoms with E-state index in [0.717, 1.165) is 5.56 Å². The number of methoxy groups -OCH3 is 1. The van der Waals surface area contributed by atoms with E-state index in [1.54, 1.807) is 6.92 Å². The number of nitrogens with two attached hydrogens (primary N) is 1. The summed E-state index contributed by atoms with van der Waals surface area (Å²) in [5.41, 5.74) is 5.88. The summed E-state index contributed by atoms with van der Waals surface area (Å²) < 4.78 is 19.1. The number of ether oxygens (including phenoxy) is 1. The molecule has 0 aliphatic carbocycles. The zero-order valence-electron chi connectivity index (χ0n) is 8.43. The van der Waals surface area contributed by atoms with Gasteiger partial charge in [-0.2, -0.15) is 0 Å². The molecule has 0 aromatic heterocycles. The largest absolute Gasteiger partial charge is 0.492 e. The van der Waals surface area contributed by atoms with Crippen molar-refractivity contribution in [1.29, 1.82) is 0 Å². The van der Waals surface area contributed by atoms with E-state index < -0.39 is 11.6 Å². The summed E-state index contributed by atoms with van der Waals surface area (Å²) in [5, 5.41) is 0. The van der Waals surface area contributed by atoms with Crippen LogP contribution in [-0.4, -0.2) is 19.4 Å². The van der Waals surface area contributed by atoms with Gasteiger partial charge in [-0.15, -0.1) is 0 Å². The van der Waals surface area contributed by atoms with Gasteiger partial charge in [-0.1, -0.05) is 0 Å². The first-order chi connectivity index (χ1) is 7.02. The number of rotatable bonds is 3. The zero-order chi connectivity index (χ0) is 11.6. The maximum absolute atomic E-state index is 13.7. The Balaban J connectivity index is 3.43. The molecule has 0 spiro atoms. The highest BCUT2D eigenvalue weighted by Crippen LogP contribution is 2.33. The van der Waals surface area contributed by atoms with Crippen molar-refractivity contribution in [2.24, 2.45) is 5.73 Å². The molecule has 0 heterocycles. The van der Waals surface area contributed by atoms with Crippen LogP contribution in [0.4, 0.5) is 4.39 Å². The highest BCUT2D eigenvalue weighted by Gasteiger charge is 2.19. The van der Waals surface area contributed by atoms with Crippen molar-refractivity contribution in [2.45, 2.75) is 6.92 Å². The van der Waals surface area contributed by atoms with Gasteiger partial charge in [-0.05, 0) is 34.5 Å². The molecule has 15 heavy (non-hydrogen) atoms. The minimum atomic E-state index is -0.676. The fourth-order valence-corrected chi connectivity index (χ4v) is 1.68. The van der Waals surface area contributed by atoms with Crippen LogP contribution in [0.5, 0.6) is 5.75 Å². The maximum atomic E-state index is 13.7. The normalized spacial score (nSPS) is 10.2. The molecule has 0 bridgehead atoms. The highest BCUT2D eigenvalue weighted by molar-refractivity contribution is 9.10. The summed E-state index contributed by atoms with van der Waals surface area (Å²) in [5.74, 6) is -1.08. The van der Waals surface area contributed by atoms with E-state index in [4.69, 9.17) is 10.5 Å². The molecular formula is C10H11BrFNO2. The predicted molar refractivity (Wildman–Crippen MR) is 58.8 cm³/mol. The Labute approximate surface area is 95.5 Å². The molecular weight excluding hydrogens is 265 g/mol. The van der Waals surface area contributed by atoms with Crippen LogP contribution in [0.2, 0.25) is 0 Å². The standard InChI is InChI=1S/C10H11BrFNO2/c1-5-3-6(7(14)4-13)9(12)10(15-2)8(5)11/h3H,4,13H2,1-2H3. The Morgan fingerprint density at radius 1 is 1.67 bits per heavy atom. The number of carbonyl (C=O) groups is 1. The van der Waals surface area contributed by atoms with Crippen LogP contribution in [0.15, 0.2) is 10.5 Å². The lowest BCUT2D eigenvalue weighted by atomic mass is 10.1. The Hall–Kier alpha value is -0.940. The first kappa shape index (κ1) is 12.1. The van der Waals surface area contributed by atoms with Crippen molar-refractivity contribution in [1.82, 2.24) is 0 Å². The SMILES string of the molecule is COc1c(F)c(C(=O)CN)cc(C)c1Br. The van der Waals surface area contributed by atoms with Crippen molar-refractivity contribution in [3.05, 3.63) is 27.5 Å². The fourth-order valence-electron chi connectivity index (χ4n) is 1.23. The van der Waals surface area contributed by atoms with Crippen molar-refractivity contribution in [3.8, 4) is 5.75 Å². The van der Waals surface area contributed by atoms with Gasteiger partial charge >= 0.3 is 0 Å². The summed E-state index contributed by atoms with van der Waals surface area (Å²) >= 11 is 3.19. The van der Waals surface area contributed by atoms with Gasteiger partial charge in [-0.3, -0.25) is 4.79 Å². The second-order valence-electron chi connectivity index (χ2n) is 3.03. The third-order valence-electron chi connectivity index (χ3n) is 2.03. The van der Waals surface area contributed by atoms with Gasteiger partial charge in [-0.25, -0.2) is 4.39 Å². The summed E-state index contributed by atoms with van der Waals surface area (Å²) in [6, 6.07) is 1.46. The first-order valence-electron chi connectivity index (χ1n) is 4.28. The summed E-state index contributed by atoms with van der Waals surface area (Å²) in [7, 11) is 1.35. The molecule has 1 aromatic carbocycles. The fraction of sp³-hybridized carbons (Fsp3) is 0.300. The second kappa shape index (κ2) is 4.72. The van der Waals surface area contributed by atoms with Gasteiger partial charge in [0.05, 0.1) is 23.7 Å². The topological polar surface area (TPSA) is 52.3 Å². The van der Waals surface area contributed by atoms with Gasteiger partial charge in [0, 0.05) is 0 Å². The van der Waals surface area contributed by atoms with Gasteiger partial charge in [0.15, 0.2) is 17.3 Å². The van der Waals surface area contributed by atoms with Crippen LogP contribution in [0.25, 0.3) is 0 Å². The number of Topliss-reactive ketones (excluding diaryl/α,β-unsaturated/α-hetero) is 1. The number of aryl methyl sites for hydroxylation is 1. The molecule has 0 saturated heterocycles. The number of ketones is 1. The number of hydrogen-bond donors (Lipinski definition) is 1. The van der Waals surface area contributed by atoms with Crippen LogP contribution in [0, 0.1) is 12.7 Å². The predicted octanol–water partition coefficient (Wildman–Crippen LogP) is 2.05. The molecule has 0 unspecified atom stereocenters. The second-order valence-corrected chi connectivity index (χ2v) is 3.82. The molecule has 0 fully saturated rings. The molecule has 0 saturated carbocycles. The highest BCUT2D eigenvalue weighted by atomic mass is 79.9. The smallest absolute Gasteiger partial charge is 0.179 e. The molecule has 82 valence electrons. The molecule has 1 aromatic rings. The van der Waals surface area contributed by atoms with E-state index in [0.29, 0.717) is 4.47 Å². The Bertz CT molecular complexity index is 407. The van der Waals surface area contributed by atoms with Gasteiger partial charge in [0.25, 0.3) is 0 Å². The molecule has 1 rings (SSSR count). The monoisotopic (exact) mass is 275 g/mol. The van der Waals surface area contributed by atoms with Gasteiger partial charge in [0.2, 0.25) is 0 Å². The third-order valence-corrected chi connectivity index (χ3v) is 3.02. The number of halogens is 2. The molecule has 0 aliphatic rings. The number of hydrogen-bond acceptors (Lipinski definition) is 3. The van der Waals surface area contributed by atoms with Crippen LogP contribution < -0.4 is 10.5 Å². The van der Waals surface area contributed by atoms with Crippen LogP contribution >= 0.6 is 15.9 Å². The summed E-state index contributed by atoms with van der Waals surface area (Å²) in [6.07, 6.45) is 0. The molecule has 0 atom stereocenters. The van der Waals surface area contributed by atoms with Crippen molar-refractivity contribution in [2.75, 3.05) is 13.7 Å². The van der Waals surface area contributed by atoms with E-state index in [-0.39, 0.29) is 17.9 Å². The van der Waals surface area contributed by atoms with Crippen molar-refractivity contribution in [3.63, 3.8) is 0 Å². The van der Waals surface area contributed by atoms with Crippen LogP contribution in [0.3, 0.4) is 0 Å². The zero-order valence-corrected chi connectivity index (χ0v) is 10.0. The van der Waals surface area contributed by atoms with E-state index in [2.05, 4.69) is 15.9 Å². The van der Waals surface area contributed by atoms with E-state index in [1.807, 2.05) is 0 Å². The quantitative estimate of drug-likeness (QED) is 0.859. The third kappa shape index (κ3) is 2.18. The lowest BCUT2D eigenvalue weighted by molar-refractivity contribution is 0.0996. The Kier molecular flexibility index (Phi) is 3.82. The van der Waals surface area contributed by atoms with E-state index in [9.17, 15) is 9.18 Å². The molecule has 0 radical (unpaired) electrons. The Morgan fingerprint density at radius 3 is 2.73 bits per heavy atom. The van der Waals surface area contributed by atoms with Crippen LogP contribution in [-0.2, 0) is 0 Å². The van der Waals surface area contributed by atoms with E-state index >= 15 is 0 Å². The average molecular weight is 276 g/mol. The number of benzene rings is 1. The number of carbonyl (C=O) groups excluding carboxylic acids is 1. The van der Waals surface area contributed by atoms with Crippen molar-refractivity contribution < 1.29 is 13.9 Å². The minimum Gasteiger partial charge on any atom is -0.492 e. The average Bonchev–Trinajstić information content (AvgIpc) is 2.23. The lowest BCUT2D eigenvalue weighted by Gasteiger charge is -2.10. The maximum Gasteiger partial charge on any atom is 0.179 e. The van der Waals surface area contributed by atoms with Gasteiger partial charge in [0.1, 0.15) is 0 Å². The molecule has 2 N–H and O–H groups in total. The molecule has 0 amide bonds. The molecule has 0 aliphatic heterocycles. The lowest BCUT2D eigenvalue weighted by Crippen LogP contribution is -2.16. The summed E-state index contributed by atoms with van der Waals surface area (Å²) in [4.78, 5) is 11.3.